The molecule has 1 aromatic carbocycles. The van der Waals surface area contributed by atoms with Crippen LogP contribution in [-0.2, 0) is 5.41 Å². The van der Waals surface area contributed by atoms with E-state index in [0.29, 0.717) is 16.1 Å². The summed E-state index contributed by atoms with van der Waals surface area (Å²) in [5, 5.41) is 0. The topological polar surface area (TPSA) is 22.1 Å². The normalized spacial score (nSPS) is 11.4. The smallest absolute Gasteiger partial charge is 0.219 e. The van der Waals surface area contributed by atoms with Gasteiger partial charge in [-0.25, -0.2) is 9.37 Å². The van der Waals surface area contributed by atoms with E-state index < -0.39 is 0 Å². The van der Waals surface area contributed by atoms with Gasteiger partial charge < -0.3 is 4.74 Å². The second-order valence-electron chi connectivity index (χ2n) is 5.31. The highest BCUT2D eigenvalue weighted by Gasteiger charge is 2.14. The Labute approximate surface area is 120 Å². The quantitative estimate of drug-likeness (QED) is 0.769. The molecule has 19 heavy (non-hydrogen) atoms. The summed E-state index contributed by atoms with van der Waals surface area (Å²) in [5.41, 5.74) is 1.19. The SMILES string of the molecule is CC(C)(C)c1ccc(Oc2ccc(F)cc2Br)nc1. The van der Waals surface area contributed by atoms with Crippen LogP contribution in [0.1, 0.15) is 26.3 Å². The summed E-state index contributed by atoms with van der Waals surface area (Å²) >= 11 is 3.26. The highest BCUT2D eigenvalue weighted by Crippen LogP contribution is 2.30. The number of aromatic nitrogens is 1. The summed E-state index contributed by atoms with van der Waals surface area (Å²) in [6, 6.07) is 8.08. The summed E-state index contributed by atoms with van der Waals surface area (Å²) in [6.45, 7) is 6.38. The maximum absolute atomic E-state index is 13.0. The average Bonchev–Trinajstić information content (AvgIpc) is 2.32. The molecule has 0 saturated heterocycles. The predicted octanol–water partition coefficient (Wildman–Crippen LogP) is 5.07. The first-order valence-corrected chi connectivity index (χ1v) is 6.75. The molecule has 1 heterocycles. The minimum Gasteiger partial charge on any atom is -0.438 e. The van der Waals surface area contributed by atoms with E-state index in [-0.39, 0.29) is 11.2 Å². The molecule has 0 unspecified atom stereocenters. The van der Waals surface area contributed by atoms with Crippen LogP contribution in [-0.4, -0.2) is 4.98 Å². The second-order valence-corrected chi connectivity index (χ2v) is 6.17. The number of nitrogens with zero attached hydrogens (tertiary/aromatic N) is 1. The Morgan fingerprint density at radius 3 is 2.42 bits per heavy atom. The maximum Gasteiger partial charge on any atom is 0.219 e. The third kappa shape index (κ3) is 3.53. The molecule has 2 rings (SSSR count). The van der Waals surface area contributed by atoms with Crippen LogP contribution in [0.15, 0.2) is 41.0 Å². The van der Waals surface area contributed by atoms with Gasteiger partial charge in [-0.3, -0.25) is 0 Å². The lowest BCUT2D eigenvalue weighted by atomic mass is 9.88. The zero-order valence-electron chi connectivity index (χ0n) is 11.1. The lowest BCUT2D eigenvalue weighted by Gasteiger charge is -2.18. The van der Waals surface area contributed by atoms with Crippen molar-refractivity contribution in [1.29, 1.82) is 0 Å². The second kappa shape index (κ2) is 5.29. The van der Waals surface area contributed by atoms with Gasteiger partial charge in [-0.15, -0.1) is 0 Å². The van der Waals surface area contributed by atoms with Gasteiger partial charge in [-0.1, -0.05) is 26.8 Å². The van der Waals surface area contributed by atoms with Crippen molar-refractivity contribution >= 4 is 15.9 Å². The van der Waals surface area contributed by atoms with E-state index in [9.17, 15) is 4.39 Å². The van der Waals surface area contributed by atoms with Gasteiger partial charge in [0.15, 0.2) is 0 Å². The van der Waals surface area contributed by atoms with Crippen LogP contribution in [0.4, 0.5) is 4.39 Å². The van der Waals surface area contributed by atoms with E-state index in [4.69, 9.17) is 4.74 Å². The fourth-order valence-corrected chi connectivity index (χ4v) is 1.99. The fraction of sp³-hybridized carbons (Fsp3) is 0.267. The van der Waals surface area contributed by atoms with Gasteiger partial charge in [0.25, 0.3) is 0 Å². The summed E-state index contributed by atoms with van der Waals surface area (Å²) in [7, 11) is 0. The Morgan fingerprint density at radius 1 is 1.16 bits per heavy atom. The Kier molecular flexibility index (Phi) is 3.90. The van der Waals surface area contributed by atoms with E-state index in [1.807, 2.05) is 12.1 Å². The van der Waals surface area contributed by atoms with Crippen LogP contribution in [0.25, 0.3) is 0 Å². The molecule has 2 nitrogen and oxygen atoms in total. The van der Waals surface area contributed by atoms with E-state index in [1.165, 1.54) is 12.1 Å². The number of rotatable bonds is 2. The summed E-state index contributed by atoms with van der Waals surface area (Å²) < 4.78 is 19.1. The monoisotopic (exact) mass is 323 g/mol. The molecular formula is C15H15BrFNO. The van der Waals surface area contributed by atoms with Crippen molar-refractivity contribution in [2.45, 2.75) is 26.2 Å². The number of hydrogen-bond acceptors (Lipinski definition) is 2. The molecule has 0 saturated carbocycles. The first-order valence-electron chi connectivity index (χ1n) is 5.96. The van der Waals surface area contributed by atoms with Crippen LogP contribution in [0.5, 0.6) is 11.6 Å². The Balaban J connectivity index is 2.20. The van der Waals surface area contributed by atoms with Crippen LogP contribution in [0.3, 0.4) is 0 Å². The predicted molar refractivity (Wildman–Crippen MR) is 77.1 cm³/mol. The Morgan fingerprint density at radius 2 is 1.89 bits per heavy atom. The van der Waals surface area contributed by atoms with Gasteiger partial charge in [-0.2, -0.15) is 0 Å². The zero-order chi connectivity index (χ0) is 14.0. The van der Waals surface area contributed by atoms with Crippen molar-refractivity contribution in [2.24, 2.45) is 0 Å². The van der Waals surface area contributed by atoms with E-state index in [2.05, 4.69) is 41.7 Å². The van der Waals surface area contributed by atoms with Crippen molar-refractivity contribution in [3.8, 4) is 11.6 Å². The Bertz CT molecular complexity index is 576. The van der Waals surface area contributed by atoms with Crippen molar-refractivity contribution in [3.05, 3.63) is 52.4 Å². The molecule has 1 aromatic heterocycles. The maximum atomic E-state index is 13.0. The van der Waals surface area contributed by atoms with Gasteiger partial charge in [0.05, 0.1) is 4.47 Å². The largest absolute Gasteiger partial charge is 0.438 e. The highest BCUT2D eigenvalue weighted by molar-refractivity contribution is 9.10. The van der Waals surface area contributed by atoms with Crippen molar-refractivity contribution in [1.82, 2.24) is 4.98 Å². The summed E-state index contributed by atoms with van der Waals surface area (Å²) in [4.78, 5) is 4.27. The van der Waals surface area contributed by atoms with Crippen LogP contribution in [0.2, 0.25) is 0 Å². The first-order chi connectivity index (χ1) is 8.86. The summed E-state index contributed by atoms with van der Waals surface area (Å²) in [6.07, 6.45) is 1.80. The lowest BCUT2D eigenvalue weighted by molar-refractivity contribution is 0.456. The average molecular weight is 324 g/mol. The van der Waals surface area contributed by atoms with E-state index in [1.54, 1.807) is 12.3 Å². The molecule has 0 aliphatic carbocycles. The van der Waals surface area contributed by atoms with Gasteiger partial charge in [0, 0.05) is 12.3 Å². The molecule has 0 amide bonds. The third-order valence-corrected chi connectivity index (χ3v) is 3.33. The van der Waals surface area contributed by atoms with Gasteiger partial charge in [0.2, 0.25) is 5.88 Å². The van der Waals surface area contributed by atoms with Gasteiger partial charge in [-0.05, 0) is 45.1 Å². The molecular weight excluding hydrogens is 309 g/mol. The molecule has 100 valence electrons. The highest BCUT2D eigenvalue weighted by atomic mass is 79.9. The molecule has 0 fully saturated rings. The van der Waals surface area contributed by atoms with Crippen molar-refractivity contribution in [2.75, 3.05) is 0 Å². The number of ether oxygens (including phenoxy) is 1. The molecule has 0 spiro atoms. The van der Waals surface area contributed by atoms with Crippen LogP contribution in [0, 0.1) is 5.82 Å². The molecule has 4 heteroatoms. The fourth-order valence-electron chi connectivity index (χ4n) is 1.55. The first kappa shape index (κ1) is 14.0. The third-order valence-electron chi connectivity index (χ3n) is 2.71. The standard InChI is InChI=1S/C15H15BrFNO/c1-15(2,3)10-4-7-14(18-9-10)19-13-6-5-11(17)8-12(13)16/h4-9H,1-3H3. The van der Waals surface area contributed by atoms with E-state index in [0.717, 1.165) is 5.56 Å². The number of pyridine rings is 1. The van der Waals surface area contributed by atoms with E-state index >= 15 is 0 Å². The zero-order valence-corrected chi connectivity index (χ0v) is 12.7. The Hall–Kier alpha value is -1.42. The molecule has 0 atom stereocenters. The number of hydrogen-bond donors (Lipinski definition) is 0. The van der Waals surface area contributed by atoms with Gasteiger partial charge >= 0.3 is 0 Å². The molecule has 0 radical (unpaired) electrons. The molecule has 2 aromatic rings. The number of halogens is 2. The van der Waals surface area contributed by atoms with Crippen molar-refractivity contribution in [3.63, 3.8) is 0 Å². The van der Waals surface area contributed by atoms with Crippen LogP contribution >= 0.6 is 15.9 Å². The molecule has 0 bridgehead atoms. The van der Waals surface area contributed by atoms with Crippen LogP contribution < -0.4 is 4.74 Å². The van der Waals surface area contributed by atoms with Crippen molar-refractivity contribution < 1.29 is 9.13 Å². The molecule has 0 aliphatic rings. The number of benzene rings is 1. The summed E-state index contributed by atoms with van der Waals surface area (Å²) in [5.74, 6) is 0.716. The lowest BCUT2D eigenvalue weighted by Crippen LogP contribution is -2.11. The molecule has 0 N–H and O–H groups in total. The molecule has 0 aliphatic heterocycles. The minimum atomic E-state index is -0.310. The van der Waals surface area contributed by atoms with Gasteiger partial charge in [0.1, 0.15) is 11.6 Å². The minimum absolute atomic E-state index is 0.0575.